The van der Waals surface area contributed by atoms with Crippen LogP contribution in [0, 0.1) is 5.92 Å². The van der Waals surface area contributed by atoms with Crippen LogP contribution in [0.3, 0.4) is 0 Å². The number of nitrogens with zero attached hydrogens (tertiary/aromatic N) is 4. The number of piperazine rings is 1. The van der Waals surface area contributed by atoms with E-state index in [9.17, 15) is 9.90 Å². The van der Waals surface area contributed by atoms with Crippen molar-refractivity contribution in [2.75, 3.05) is 49.5 Å². The van der Waals surface area contributed by atoms with Gasteiger partial charge in [-0.1, -0.05) is 12.1 Å². The van der Waals surface area contributed by atoms with Crippen molar-refractivity contribution in [3.05, 3.63) is 30.3 Å². The monoisotopic (exact) mass is 394 g/mol. The summed E-state index contributed by atoms with van der Waals surface area (Å²) in [4.78, 5) is 17.3. The lowest BCUT2D eigenvalue weighted by atomic mass is 9.97. The Kier molecular flexibility index (Phi) is 4.71. The second-order valence-electron chi connectivity index (χ2n) is 8.04. The van der Waals surface area contributed by atoms with E-state index in [2.05, 4.69) is 25.7 Å². The summed E-state index contributed by atoms with van der Waals surface area (Å²) in [7, 11) is 0. The predicted molar refractivity (Wildman–Crippen MR) is 111 cm³/mol. The number of phenols is 1. The normalized spacial score (nSPS) is 23.7. The molecule has 2 atom stereocenters. The van der Waals surface area contributed by atoms with Crippen LogP contribution in [0.1, 0.15) is 12.8 Å². The fourth-order valence-electron chi connectivity index (χ4n) is 4.63. The Morgan fingerprint density at radius 3 is 2.90 bits per heavy atom. The highest BCUT2D eigenvalue weighted by Crippen LogP contribution is 2.36. The van der Waals surface area contributed by atoms with Crippen LogP contribution in [0.15, 0.2) is 30.3 Å². The molecule has 0 aliphatic carbocycles. The highest BCUT2D eigenvalue weighted by molar-refractivity contribution is 5.81. The van der Waals surface area contributed by atoms with E-state index in [-0.39, 0.29) is 23.6 Å². The van der Waals surface area contributed by atoms with Gasteiger partial charge in [-0.2, -0.15) is 0 Å². The molecule has 0 spiro atoms. The first-order chi connectivity index (χ1) is 14.2. The summed E-state index contributed by atoms with van der Waals surface area (Å²) in [5.41, 5.74) is 2.31. The fourth-order valence-corrected chi connectivity index (χ4v) is 4.63. The number of piperidine rings is 1. The summed E-state index contributed by atoms with van der Waals surface area (Å²) >= 11 is 0. The van der Waals surface area contributed by atoms with Crippen LogP contribution in [-0.4, -0.2) is 71.4 Å². The van der Waals surface area contributed by atoms with Crippen LogP contribution in [-0.2, 0) is 4.79 Å². The zero-order chi connectivity index (χ0) is 19.8. The van der Waals surface area contributed by atoms with Gasteiger partial charge in [0.25, 0.3) is 0 Å². The zero-order valence-corrected chi connectivity index (χ0v) is 16.3. The second kappa shape index (κ2) is 7.51. The molecular weight excluding hydrogens is 368 g/mol. The summed E-state index contributed by atoms with van der Waals surface area (Å²) in [5, 5.41) is 25.5. The molecule has 2 fully saturated rings. The van der Waals surface area contributed by atoms with Gasteiger partial charge in [-0.3, -0.25) is 4.79 Å². The van der Waals surface area contributed by atoms with Crippen LogP contribution in [0.4, 0.5) is 11.5 Å². The number of hydrogen-bond acceptors (Lipinski definition) is 7. The van der Waals surface area contributed by atoms with E-state index in [1.165, 1.54) is 0 Å². The van der Waals surface area contributed by atoms with E-state index in [4.69, 9.17) is 0 Å². The Hall–Kier alpha value is -2.87. The van der Waals surface area contributed by atoms with Crippen LogP contribution < -0.4 is 15.5 Å². The minimum atomic E-state index is 0.109. The van der Waals surface area contributed by atoms with Crippen molar-refractivity contribution in [1.29, 1.82) is 0 Å². The molecule has 3 aliphatic rings. The Morgan fingerprint density at radius 1 is 1.17 bits per heavy atom. The molecule has 8 nitrogen and oxygen atoms in total. The third-order valence-electron chi connectivity index (χ3n) is 6.21. The van der Waals surface area contributed by atoms with Gasteiger partial charge in [-0.15, -0.1) is 10.2 Å². The van der Waals surface area contributed by atoms with E-state index >= 15 is 0 Å². The number of amides is 1. The number of phenolic OH excluding ortho intramolecular Hbond substituents is 1. The van der Waals surface area contributed by atoms with E-state index in [1.54, 1.807) is 12.1 Å². The summed E-state index contributed by atoms with van der Waals surface area (Å²) in [5.74, 6) is 1.35. The molecule has 3 N–H and O–H groups in total. The van der Waals surface area contributed by atoms with Gasteiger partial charge >= 0.3 is 0 Å². The molecule has 0 saturated carbocycles. The highest BCUT2D eigenvalue weighted by atomic mass is 16.3. The summed E-state index contributed by atoms with van der Waals surface area (Å²) in [6.45, 7) is 4.77. The average molecular weight is 394 g/mol. The van der Waals surface area contributed by atoms with Gasteiger partial charge in [0.05, 0.1) is 23.3 Å². The van der Waals surface area contributed by atoms with Crippen LogP contribution in [0.25, 0.3) is 11.3 Å². The molecule has 0 bridgehead atoms. The SMILES string of the molecule is O=C([C@H]1CCCNC1)N1CCN2c3cc(-c4ccccc4O)nnc3NC[C@H]2C1. The number of carbonyl (C=O) groups excluding carboxylic acids is 1. The summed E-state index contributed by atoms with van der Waals surface area (Å²) in [6.07, 6.45) is 2.06. The molecule has 8 heteroatoms. The van der Waals surface area contributed by atoms with Crippen molar-refractivity contribution in [1.82, 2.24) is 20.4 Å². The van der Waals surface area contributed by atoms with Gasteiger partial charge in [0.2, 0.25) is 5.91 Å². The van der Waals surface area contributed by atoms with Crippen LogP contribution in [0.5, 0.6) is 5.75 Å². The van der Waals surface area contributed by atoms with Crippen molar-refractivity contribution >= 4 is 17.4 Å². The first-order valence-corrected chi connectivity index (χ1v) is 10.4. The molecule has 1 aromatic heterocycles. The molecule has 0 radical (unpaired) electrons. The maximum Gasteiger partial charge on any atom is 0.227 e. The molecule has 2 aromatic rings. The molecule has 1 aromatic carbocycles. The second-order valence-corrected chi connectivity index (χ2v) is 8.04. The quantitative estimate of drug-likeness (QED) is 0.707. The third kappa shape index (κ3) is 3.37. The van der Waals surface area contributed by atoms with E-state index in [0.29, 0.717) is 11.3 Å². The zero-order valence-electron chi connectivity index (χ0n) is 16.3. The predicted octanol–water partition coefficient (Wildman–Crippen LogP) is 1.29. The van der Waals surface area contributed by atoms with Gasteiger partial charge < -0.3 is 25.5 Å². The van der Waals surface area contributed by atoms with Gasteiger partial charge in [0, 0.05) is 38.3 Å². The number of aromatic hydroxyl groups is 1. The Morgan fingerprint density at radius 2 is 2.07 bits per heavy atom. The fraction of sp³-hybridized carbons (Fsp3) is 0.476. The number of nitrogens with one attached hydrogen (secondary N) is 2. The topological polar surface area (TPSA) is 93.6 Å². The van der Waals surface area contributed by atoms with Crippen molar-refractivity contribution < 1.29 is 9.90 Å². The Balaban J connectivity index is 1.36. The number of benzene rings is 1. The van der Waals surface area contributed by atoms with Crippen molar-refractivity contribution in [3.8, 4) is 17.0 Å². The molecule has 1 amide bonds. The maximum atomic E-state index is 12.9. The van der Waals surface area contributed by atoms with E-state index in [1.807, 2.05) is 23.1 Å². The van der Waals surface area contributed by atoms with Gasteiger partial charge in [0.15, 0.2) is 5.82 Å². The van der Waals surface area contributed by atoms with Gasteiger partial charge in [-0.25, -0.2) is 0 Å². The van der Waals surface area contributed by atoms with Crippen LogP contribution in [0.2, 0.25) is 0 Å². The van der Waals surface area contributed by atoms with Crippen molar-refractivity contribution in [2.45, 2.75) is 18.9 Å². The third-order valence-corrected chi connectivity index (χ3v) is 6.21. The minimum Gasteiger partial charge on any atom is -0.507 e. The maximum absolute atomic E-state index is 12.9. The van der Waals surface area contributed by atoms with Gasteiger partial charge in [0.1, 0.15) is 5.75 Å². The van der Waals surface area contributed by atoms with E-state index < -0.39 is 0 Å². The number of hydrogen-bond donors (Lipinski definition) is 3. The lowest BCUT2D eigenvalue weighted by molar-refractivity contribution is -0.136. The first kappa shape index (κ1) is 18.2. The number of para-hydroxylation sites is 1. The molecule has 4 heterocycles. The minimum absolute atomic E-state index is 0.109. The molecule has 0 unspecified atom stereocenters. The number of rotatable bonds is 2. The first-order valence-electron chi connectivity index (χ1n) is 10.4. The number of aromatic nitrogens is 2. The largest absolute Gasteiger partial charge is 0.507 e. The molecule has 2 saturated heterocycles. The number of fused-ring (bicyclic) bond motifs is 3. The molecule has 5 rings (SSSR count). The standard InChI is InChI=1S/C21H26N6O2/c28-19-6-2-1-5-16(19)17-10-18-20(25-24-17)23-12-15-13-26(8-9-27(15)18)21(29)14-4-3-7-22-11-14/h1-2,5-6,10,14-15,22,28H,3-4,7-9,11-13H2,(H,23,25)/t14-,15-/m0/s1. The molecular formula is C21H26N6O2. The summed E-state index contributed by atoms with van der Waals surface area (Å²) < 4.78 is 0. The van der Waals surface area contributed by atoms with Crippen LogP contribution >= 0.6 is 0 Å². The van der Waals surface area contributed by atoms with Crippen molar-refractivity contribution in [3.63, 3.8) is 0 Å². The Bertz CT molecular complexity index is 914. The average Bonchev–Trinajstić information content (AvgIpc) is 2.78. The Labute approximate surface area is 169 Å². The lowest BCUT2D eigenvalue weighted by Crippen LogP contribution is -2.60. The van der Waals surface area contributed by atoms with E-state index in [0.717, 1.165) is 63.6 Å². The number of carbonyl (C=O) groups is 1. The molecule has 152 valence electrons. The lowest BCUT2D eigenvalue weighted by Gasteiger charge is -2.46. The molecule has 3 aliphatic heterocycles. The number of anilines is 2. The van der Waals surface area contributed by atoms with Gasteiger partial charge in [-0.05, 0) is 37.6 Å². The molecule has 29 heavy (non-hydrogen) atoms. The smallest absolute Gasteiger partial charge is 0.227 e. The summed E-state index contributed by atoms with van der Waals surface area (Å²) in [6, 6.07) is 9.36. The van der Waals surface area contributed by atoms with Crippen molar-refractivity contribution in [2.24, 2.45) is 5.92 Å². The highest BCUT2D eigenvalue weighted by Gasteiger charge is 2.36.